The van der Waals surface area contributed by atoms with Gasteiger partial charge in [-0.05, 0) is 24.7 Å². The second-order valence-electron chi connectivity index (χ2n) is 6.23. The SMILES string of the molecule is CC1(C)CCCCC1NC(=O)N[C@@H](CCC(=O)O)C(=O)O. The van der Waals surface area contributed by atoms with E-state index >= 15 is 0 Å². The molecule has 0 bridgehead atoms. The van der Waals surface area contributed by atoms with Gasteiger partial charge in [-0.2, -0.15) is 0 Å². The number of hydrogen-bond acceptors (Lipinski definition) is 3. The third kappa shape index (κ3) is 5.61. The second kappa shape index (κ2) is 7.28. The molecule has 0 aromatic carbocycles. The average Bonchev–Trinajstić information content (AvgIpc) is 2.36. The van der Waals surface area contributed by atoms with Gasteiger partial charge >= 0.3 is 18.0 Å². The molecule has 1 fully saturated rings. The highest BCUT2D eigenvalue weighted by Crippen LogP contribution is 2.35. The molecule has 0 aromatic rings. The van der Waals surface area contributed by atoms with Gasteiger partial charge in [-0.25, -0.2) is 9.59 Å². The van der Waals surface area contributed by atoms with Crippen molar-refractivity contribution in [1.82, 2.24) is 10.6 Å². The van der Waals surface area contributed by atoms with E-state index in [2.05, 4.69) is 24.5 Å². The molecule has 4 N–H and O–H groups in total. The Bertz CT molecular complexity index is 408. The van der Waals surface area contributed by atoms with Crippen LogP contribution in [0, 0.1) is 5.41 Å². The van der Waals surface area contributed by atoms with Crippen molar-refractivity contribution in [1.29, 1.82) is 0 Å². The number of hydrogen-bond donors (Lipinski definition) is 4. The topological polar surface area (TPSA) is 116 Å². The van der Waals surface area contributed by atoms with Gasteiger partial charge in [-0.1, -0.05) is 26.7 Å². The van der Waals surface area contributed by atoms with Gasteiger partial charge in [0.2, 0.25) is 0 Å². The van der Waals surface area contributed by atoms with Crippen molar-refractivity contribution in [3.05, 3.63) is 0 Å². The predicted octanol–water partition coefficient (Wildman–Crippen LogP) is 1.57. The van der Waals surface area contributed by atoms with E-state index in [1.807, 2.05) is 0 Å². The molecule has 0 spiro atoms. The first-order valence-electron chi connectivity index (χ1n) is 7.24. The van der Waals surface area contributed by atoms with E-state index in [9.17, 15) is 14.4 Å². The Hall–Kier alpha value is -1.79. The van der Waals surface area contributed by atoms with Crippen molar-refractivity contribution < 1.29 is 24.6 Å². The van der Waals surface area contributed by atoms with E-state index in [-0.39, 0.29) is 24.3 Å². The fourth-order valence-electron chi connectivity index (χ4n) is 2.64. The summed E-state index contributed by atoms with van der Waals surface area (Å²) in [4.78, 5) is 33.5. The normalized spacial score (nSPS) is 22.1. The maximum absolute atomic E-state index is 11.9. The zero-order valence-corrected chi connectivity index (χ0v) is 12.5. The van der Waals surface area contributed by atoms with Crippen LogP contribution in [0.4, 0.5) is 4.79 Å². The van der Waals surface area contributed by atoms with Crippen molar-refractivity contribution in [2.75, 3.05) is 0 Å². The lowest BCUT2D eigenvalue weighted by Crippen LogP contribution is -2.53. The Kier molecular flexibility index (Phi) is 5.99. The van der Waals surface area contributed by atoms with Crippen molar-refractivity contribution in [3.8, 4) is 0 Å². The molecule has 1 saturated carbocycles. The first-order valence-corrected chi connectivity index (χ1v) is 7.24. The molecule has 0 radical (unpaired) electrons. The summed E-state index contributed by atoms with van der Waals surface area (Å²) in [6.07, 6.45) is 3.61. The van der Waals surface area contributed by atoms with Crippen LogP contribution in [0.15, 0.2) is 0 Å². The predicted molar refractivity (Wildman–Crippen MR) is 76.0 cm³/mol. The molecule has 7 heteroatoms. The van der Waals surface area contributed by atoms with Crippen LogP contribution < -0.4 is 10.6 Å². The molecule has 0 heterocycles. The molecule has 2 amide bonds. The maximum Gasteiger partial charge on any atom is 0.326 e. The minimum atomic E-state index is -1.23. The standard InChI is InChI=1S/C14H24N2O5/c1-14(2)8-4-3-5-10(14)16-13(21)15-9(12(19)20)6-7-11(17)18/h9-10H,3-8H2,1-2H3,(H,17,18)(H,19,20)(H2,15,16,21)/t9-,10?/m0/s1. The van der Waals surface area contributed by atoms with Crippen LogP contribution in [-0.2, 0) is 9.59 Å². The van der Waals surface area contributed by atoms with Gasteiger partial charge < -0.3 is 20.8 Å². The van der Waals surface area contributed by atoms with Crippen molar-refractivity contribution >= 4 is 18.0 Å². The molecule has 120 valence electrons. The Labute approximate surface area is 124 Å². The number of amides is 2. The number of aliphatic carboxylic acids is 2. The summed E-state index contributed by atoms with van der Waals surface area (Å²) in [6.45, 7) is 4.16. The molecule has 7 nitrogen and oxygen atoms in total. The molecular formula is C14H24N2O5. The highest BCUT2D eigenvalue weighted by molar-refractivity contribution is 5.83. The minimum Gasteiger partial charge on any atom is -0.481 e. The summed E-state index contributed by atoms with van der Waals surface area (Å²) in [5, 5.41) is 22.8. The van der Waals surface area contributed by atoms with Gasteiger partial charge in [0.15, 0.2) is 0 Å². The van der Waals surface area contributed by atoms with Crippen molar-refractivity contribution in [3.63, 3.8) is 0 Å². The van der Waals surface area contributed by atoms with Crippen LogP contribution >= 0.6 is 0 Å². The van der Waals surface area contributed by atoms with Crippen molar-refractivity contribution in [2.24, 2.45) is 5.41 Å². The van der Waals surface area contributed by atoms with E-state index < -0.39 is 24.0 Å². The number of carbonyl (C=O) groups excluding carboxylic acids is 1. The van der Waals surface area contributed by atoms with Gasteiger partial charge in [0, 0.05) is 12.5 Å². The molecule has 21 heavy (non-hydrogen) atoms. The van der Waals surface area contributed by atoms with Gasteiger partial charge in [-0.3, -0.25) is 4.79 Å². The zero-order valence-electron chi connectivity index (χ0n) is 12.5. The smallest absolute Gasteiger partial charge is 0.326 e. The Morgan fingerprint density at radius 2 is 1.90 bits per heavy atom. The molecule has 2 atom stereocenters. The summed E-state index contributed by atoms with van der Waals surface area (Å²) in [7, 11) is 0. The molecular weight excluding hydrogens is 276 g/mol. The number of urea groups is 1. The third-order valence-corrected chi connectivity index (χ3v) is 4.06. The Balaban J connectivity index is 2.53. The lowest BCUT2D eigenvalue weighted by molar-refractivity contribution is -0.140. The highest BCUT2D eigenvalue weighted by Gasteiger charge is 2.33. The summed E-state index contributed by atoms with van der Waals surface area (Å²) < 4.78 is 0. The number of nitrogens with one attached hydrogen (secondary N) is 2. The Morgan fingerprint density at radius 3 is 2.43 bits per heavy atom. The minimum absolute atomic E-state index is 0.000156. The van der Waals surface area contributed by atoms with E-state index in [1.165, 1.54) is 0 Å². The van der Waals surface area contributed by atoms with E-state index in [0.29, 0.717) is 0 Å². The molecule has 0 aromatic heterocycles. The average molecular weight is 300 g/mol. The van der Waals surface area contributed by atoms with Crippen LogP contribution in [0.1, 0.15) is 52.4 Å². The fourth-order valence-corrected chi connectivity index (χ4v) is 2.64. The van der Waals surface area contributed by atoms with E-state index in [4.69, 9.17) is 10.2 Å². The molecule has 0 saturated heterocycles. The number of carbonyl (C=O) groups is 3. The summed E-state index contributed by atoms with van der Waals surface area (Å²) in [6, 6.07) is -1.74. The van der Waals surface area contributed by atoms with E-state index in [1.54, 1.807) is 0 Å². The third-order valence-electron chi connectivity index (χ3n) is 4.06. The molecule has 1 aliphatic rings. The largest absolute Gasteiger partial charge is 0.481 e. The quantitative estimate of drug-likeness (QED) is 0.594. The number of rotatable bonds is 6. The Morgan fingerprint density at radius 1 is 1.24 bits per heavy atom. The maximum atomic E-state index is 11.9. The second-order valence-corrected chi connectivity index (χ2v) is 6.23. The summed E-state index contributed by atoms with van der Waals surface area (Å²) in [5.74, 6) is -2.31. The van der Waals surface area contributed by atoms with E-state index in [0.717, 1.165) is 25.7 Å². The lowest BCUT2D eigenvalue weighted by Gasteiger charge is -2.39. The first kappa shape index (κ1) is 17.3. The zero-order chi connectivity index (χ0) is 16.0. The highest BCUT2D eigenvalue weighted by atomic mass is 16.4. The van der Waals surface area contributed by atoms with Gasteiger partial charge in [0.05, 0.1) is 0 Å². The lowest BCUT2D eigenvalue weighted by atomic mass is 9.73. The first-order chi connectivity index (χ1) is 9.72. The fraction of sp³-hybridized carbons (Fsp3) is 0.786. The van der Waals surface area contributed by atoms with Gasteiger partial charge in [0.1, 0.15) is 6.04 Å². The number of carboxylic acids is 2. The van der Waals surface area contributed by atoms with Crippen molar-refractivity contribution in [2.45, 2.75) is 64.5 Å². The molecule has 1 unspecified atom stereocenters. The van der Waals surface area contributed by atoms with Crippen LogP contribution in [0.5, 0.6) is 0 Å². The molecule has 1 rings (SSSR count). The molecule has 0 aliphatic heterocycles. The van der Waals surface area contributed by atoms with Gasteiger partial charge in [-0.15, -0.1) is 0 Å². The van der Waals surface area contributed by atoms with Crippen LogP contribution in [0.25, 0.3) is 0 Å². The van der Waals surface area contributed by atoms with Crippen LogP contribution in [0.3, 0.4) is 0 Å². The summed E-state index contributed by atoms with van der Waals surface area (Å²) in [5.41, 5.74) is -0.0185. The van der Waals surface area contributed by atoms with Crippen LogP contribution in [0.2, 0.25) is 0 Å². The monoisotopic (exact) mass is 300 g/mol. The van der Waals surface area contributed by atoms with Crippen LogP contribution in [-0.4, -0.2) is 40.3 Å². The summed E-state index contributed by atoms with van der Waals surface area (Å²) >= 11 is 0. The number of carboxylic acid groups (broad SMARTS) is 2. The molecule has 1 aliphatic carbocycles. The van der Waals surface area contributed by atoms with Gasteiger partial charge in [0.25, 0.3) is 0 Å².